The lowest BCUT2D eigenvalue weighted by Gasteiger charge is -2.17. The maximum absolute atomic E-state index is 6.18. The topological polar surface area (TPSA) is 24.9 Å². The first-order valence-electron chi connectivity index (χ1n) is 7.36. The second-order valence-electron chi connectivity index (χ2n) is 5.34. The van der Waals surface area contributed by atoms with Crippen LogP contribution in [-0.4, -0.2) is 11.5 Å². The van der Waals surface area contributed by atoms with Crippen molar-refractivity contribution in [2.45, 2.75) is 38.6 Å². The molecule has 21 heavy (non-hydrogen) atoms. The van der Waals surface area contributed by atoms with E-state index in [9.17, 15) is 0 Å². The average molecular weight is 341 g/mol. The Morgan fingerprint density at radius 3 is 2.86 bits per heavy atom. The lowest BCUT2D eigenvalue weighted by Crippen LogP contribution is -2.23. The van der Waals surface area contributed by atoms with E-state index in [0.29, 0.717) is 10.0 Å². The van der Waals surface area contributed by atoms with Gasteiger partial charge in [-0.25, -0.2) is 4.98 Å². The number of hydrogen-bond acceptors (Lipinski definition) is 3. The minimum atomic E-state index is 0.107. The van der Waals surface area contributed by atoms with Crippen LogP contribution in [0.25, 0.3) is 0 Å². The second kappa shape index (κ2) is 6.66. The summed E-state index contributed by atoms with van der Waals surface area (Å²) in [6, 6.07) is 5.95. The molecule has 1 N–H and O–H groups in total. The number of nitrogens with zero attached hydrogens (tertiary/aromatic N) is 1. The molecule has 1 aromatic carbocycles. The predicted molar refractivity (Wildman–Crippen MR) is 90.7 cm³/mol. The molecule has 0 fully saturated rings. The van der Waals surface area contributed by atoms with Crippen LogP contribution in [0, 0.1) is 0 Å². The Balaban J connectivity index is 1.94. The quantitative estimate of drug-likeness (QED) is 0.825. The minimum absolute atomic E-state index is 0.107. The maximum atomic E-state index is 6.18. The molecule has 5 heteroatoms. The summed E-state index contributed by atoms with van der Waals surface area (Å²) in [6.07, 6.45) is 4.62. The third-order valence-corrected chi connectivity index (χ3v) is 5.70. The van der Waals surface area contributed by atoms with Gasteiger partial charge in [-0.3, -0.25) is 0 Å². The standard InChI is InChI=1S/C16H18Cl2N2S/c1-2-8-19-15(10-6-7-11(17)12(18)9-10)16-20-13-4-3-5-14(13)21-16/h6-7,9,15,19H,2-5,8H2,1H3. The molecule has 1 atom stereocenters. The molecule has 112 valence electrons. The molecule has 2 nitrogen and oxygen atoms in total. The van der Waals surface area contributed by atoms with Gasteiger partial charge in [-0.2, -0.15) is 0 Å². The van der Waals surface area contributed by atoms with Crippen molar-refractivity contribution in [3.8, 4) is 0 Å². The Hall–Kier alpha value is -0.610. The smallest absolute Gasteiger partial charge is 0.115 e. The number of rotatable bonds is 5. The first kappa shape index (κ1) is 15.3. The van der Waals surface area contributed by atoms with E-state index in [1.807, 2.05) is 29.5 Å². The Labute approximate surface area is 139 Å². The van der Waals surface area contributed by atoms with Gasteiger partial charge in [0.05, 0.1) is 21.8 Å². The lowest BCUT2D eigenvalue weighted by atomic mass is 10.1. The highest BCUT2D eigenvalue weighted by molar-refractivity contribution is 7.11. The van der Waals surface area contributed by atoms with Gasteiger partial charge in [0.25, 0.3) is 0 Å². The van der Waals surface area contributed by atoms with E-state index < -0.39 is 0 Å². The summed E-state index contributed by atoms with van der Waals surface area (Å²) in [5, 5.41) is 5.92. The largest absolute Gasteiger partial charge is 0.304 e. The number of nitrogens with one attached hydrogen (secondary N) is 1. The van der Waals surface area contributed by atoms with Crippen LogP contribution < -0.4 is 5.32 Å². The number of fused-ring (bicyclic) bond motifs is 1. The van der Waals surface area contributed by atoms with E-state index >= 15 is 0 Å². The molecule has 0 radical (unpaired) electrons. The molecule has 3 rings (SSSR count). The third kappa shape index (κ3) is 3.26. The van der Waals surface area contributed by atoms with Crippen molar-refractivity contribution in [2.24, 2.45) is 0 Å². The fourth-order valence-electron chi connectivity index (χ4n) is 2.66. The van der Waals surface area contributed by atoms with E-state index in [2.05, 4.69) is 12.2 Å². The van der Waals surface area contributed by atoms with Crippen molar-refractivity contribution in [3.05, 3.63) is 49.4 Å². The molecule has 1 unspecified atom stereocenters. The zero-order valence-corrected chi connectivity index (χ0v) is 14.3. The highest BCUT2D eigenvalue weighted by Gasteiger charge is 2.23. The number of thiazole rings is 1. The molecule has 0 amide bonds. The second-order valence-corrected chi connectivity index (χ2v) is 7.27. The lowest BCUT2D eigenvalue weighted by molar-refractivity contribution is 0.594. The number of benzene rings is 1. The van der Waals surface area contributed by atoms with Crippen LogP contribution in [0.15, 0.2) is 18.2 Å². The SMILES string of the molecule is CCCNC(c1ccc(Cl)c(Cl)c1)c1nc2c(s1)CCC2. The molecule has 0 aliphatic heterocycles. The van der Waals surface area contributed by atoms with Gasteiger partial charge in [-0.15, -0.1) is 11.3 Å². The molecule has 0 spiro atoms. The summed E-state index contributed by atoms with van der Waals surface area (Å²) >= 11 is 14.0. The van der Waals surface area contributed by atoms with Gasteiger partial charge in [-0.1, -0.05) is 36.2 Å². The normalized spacial score (nSPS) is 15.2. The Morgan fingerprint density at radius 1 is 1.29 bits per heavy atom. The van der Waals surface area contributed by atoms with Crippen molar-refractivity contribution in [1.29, 1.82) is 0 Å². The van der Waals surface area contributed by atoms with Gasteiger partial charge in [0.15, 0.2) is 0 Å². The summed E-state index contributed by atoms with van der Waals surface area (Å²) in [5.74, 6) is 0. The molecule has 1 aromatic heterocycles. The van der Waals surface area contributed by atoms with Gasteiger partial charge in [-0.05, 0) is 49.9 Å². The molecule has 1 aliphatic rings. The van der Waals surface area contributed by atoms with Crippen molar-refractivity contribution in [1.82, 2.24) is 10.3 Å². The van der Waals surface area contributed by atoms with Gasteiger partial charge in [0.1, 0.15) is 5.01 Å². The van der Waals surface area contributed by atoms with Crippen LogP contribution >= 0.6 is 34.5 Å². The van der Waals surface area contributed by atoms with E-state index in [1.165, 1.54) is 23.4 Å². The number of hydrogen-bond donors (Lipinski definition) is 1. The van der Waals surface area contributed by atoms with Gasteiger partial charge in [0, 0.05) is 4.88 Å². The Bertz CT molecular complexity index is 618. The molecule has 1 aliphatic carbocycles. The maximum Gasteiger partial charge on any atom is 0.115 e. The highest BCUT2D eigenvalue weighted by atomic mass is 35.5. The van der Waals surface area contributed by atoms with Gasteiger partial charge >= 0.3 is 0 Å². The Kier molecular flexibility index (Phi) is 4.85. The first-order chi connectivity index (χ1) is 10.2. The van der Waals surface area contributed by atoms with E-state index in [4.69, 9.17) is 28.2 Å². The van der Waals surface area contributed by atoms with E-state index in [0.717, 1.165) is 30.0 Å². The fraction of sp³-hybridized carbons (Fsp3) is 0.438. The van der Waals surface area contributed by atoms with Gasteiger partial charge < -0.3 is 5.32 Å². The van der Waals surface area contributed by atoms with Crippen LogP contribution in [0.2, 0.25) is 10.0 Å². The number of aryl methyl sites for hydroxylation is 2. The molecule has 0 bridgehead atoms. The van der Waals surface area contributed by atoms with E-state index in [1.54, 1.807) is 0 Å². The molecule has 2 aromatic rings. The van der Waals surface area contributed by atoms with Crippen molar-refractivity contribution in [2.75, 3.05) is 6.54 Å². The fourth-order valence-corrected chi connectivity index (χ4v) is 4.23. The van der Waals surface area contributed by atoms with Crippen LogP contribution in [0.4, 0.5) is 0 Å². The van der Waals surface area contributed by atoms with Crippen molar-refractivity contribution < 1.29 is 0 Å². The minimum Gasteiger partial charge on any atom is -0.304 e. The van der Waals surface area contributed by atoms with Crippen LogP contribution in [0.1, 0.15) is 46.9 Å². The number of aromatic nitrogens is 1. The summed E-state index contributed by atoms with van der Waals surface area (Å²) < 4.78 is 0. The average Bonchev–Trinajstić information content (AvgIpc) is 3.04. The zero-order chi connectivity index (χ0) is 14.8. The van der Waals surface area contributed by atoms with Crippen LogP contribution in [-0.2, 0) is 12.8 Å². The first-order valence-corrected chi connectivity index (χ1v) is 8.93. The Morgan fingerprint density at radius 2 is 2.14 bits per heavy atom. The molecule has 0 saturated heterocycles. The van der Waals surface area contributed by atoms with Gasteiger partial charge in [0.2, 0.25) is 0 Å². The number of halogens is 2. The summed E-state index contributed by atoms with van der Waals surface area (Å²) in [7, 11) is 0. The predicted octanol–water partition coefficient (Wildman–Crippen LogP) is 5.03. The molecular formula is C16H18Cl2N2S. The van der Waals surface area contributed by atoms with E-state index in [-0.39, 0.29) is 6.04 Å². The summed E-state index contributed by atoms with van der Waals surface area (Å²) in [4.78, 5) is 6.30. The molecule has 0 saturated carbocycles. The summed E-state index contributed by atoms with van der Waals surface area (Å²) in [6.45, 7) is 3.12. The third-order valence-electron chi connectivity index (χ3n) is 3.73. The highest BCUT2D eigenvalue weighted by Crippen LogP contribution is 2.35. The van der Waals surface area contributed by atoms with Crippen LogP contribution in [0.5, 0.6) is 0 Å². The zero-order valence-electron chi connectivity index (χ0n) is 12.0. The monoisotopic (exact) mass is 340 g/mol. The molecular weight excluding hydrogens is 323 g/mol. The van der Waals surface area contributed by atoms with Crippen LogP contribution in [0.3, 0.4) is 0 Å². The molecule has 1 heterocycles. The van der Waals surface area contributed by atoms with Crippen molar-refractivity contribution in [3.63, 3.8) is 0 Å². The summed E-state index contributed by atoms with van der Waals surface area (Å²) in [5.41, 5.74) is 2.42. The van der Waals surface area contributed by atoms with Crippen molar-refractivity contribution >= 4 is 34.5 Å².